The van der Waals surface area contributed by atoms with Crippen LogP contribution in [0.1, 0.15) is 16.4 Å². The summed E-state index contributed by atoms with van der Waals surface area (Å²) in [7, 11) is 0. The first-order chi connectivity index (χ1) is 12.1. The average molecular weight is 357 g/mol. The Morgan fingerprint density at radius 3 is 2.76 bits per heavy atom. The normalized spacial score (nSPS) is 10.5. The second-order valence-electron chi connectivity index (χ2n) is 5.39. The van der Waals surface area contributed by atoms with Crippen LogP contribution < -0.4 is 10.1 Å². The molecular formula is C18H16FN3O2S. The van der Waals surface area contributed by atoms with Crippen molar-refractivity contribution in [1.29, 1.82) is 0 Å². The Bertz CT molecular complexity index is 848. The largest absolute Gasteiger partial charge is 0.485 e. The van der Waals surface area contributed by atoms with Crippen LogP contribution in [0.3, 0.4) is 0 Å². The number of nitrogens with one attached hydrogen (secondary N) is 1. The lowest BCUT2D eigenvalue weighted by Crippen LogP contribution is -2.14. The van der Waals surface area contributed by atoms with E-state index in [0.717, 1.165) is 10.7 Å². The lowest BCUT2D eigenvalue weighted by molar-refractivity contribution is -0.115. The van der Waals surface area contributed by atoms with Gasteiger partial charge in [-0.2, -0.15) is 0 Å². The standard InChI is InChI=1S/C18H16FN3O2S/c1-12-2-7-16(9-20-12)24-10-18-22-15(11-25-18)8-17(23)21-14-5-3-13(19)4-6-14/h2-7,9,11H,8,10H2,1H3,(H,21,23). The molecule has 3 aromatic rings. The number of amides is 1. The van der Waals surface area contributed by atoms with Crippen LogP contribution in [0, 0.1) is 12.7 Å². The Kier molecular flexibility index (Phi) is 5.35. The van der Waals surface area contributed by atoms with Gasteiger partial charge in [0.05, 0.1) is 18.3 Å². The Hall–Kier alpha value is -2.80. The number of thiazole rings is 1. The molecule has 0 aliphatic heterocycles. The van der Waals surface area contributed by atoms with Gasteiger partial charge in [0.1, 0.15) is 23.2 Å². The fraction of sp³-hybridized carbons (Fsp3) is 0.167. The molecule has 0 radical (unpaired) electrons. The van der Waals surface area contributed by atoms with Gasteiger partial charge < -0.3 is 10.1 Å². The zero-order chi connectivity index (χ0) is 17.6. The number of rotatable bonds is 6. The van der Waals surface area contributed by atoms with Crippen LogP contribution in [0.2, 0.25) is 0 Å². The molecule has 0 fully saturated rings. The minimum Gasteiger partial charge on any atom is -0.485 e. The number of nitrogens with zero attached hydrogens (tertiary/aromatic N) is 2. The molecule has 5 nitrogen and oxygen atoms in total. The molecule has 128 valence electrons. The average Bonchev–Trinajstić information content (AvgIpc) is 3.04. The van der Waals surface area contributed by atoms with Crippen LogP contribution in [-0.2, 0) is 17.8 Å². The van der Waals surface area contributed by atoms with Crippen molar-refractivity contribution in [2.24, 2.45) is 0 Å². The van der Waals surface area contributed by atoms with Crippen LogP contribution >= 0.6 is 11.3 Å². The van der Waals surface area contributed by atoms with Crippen molar-refractivity contribution in [3.63, 3.8) is 0 Å². The number of hydrogen-bond donors (Lipinski definition) is 1. The summed E-state index contributed by atoms with van der Waals surface area (Å²) in [6, 6.07) is 9.36. The second-order valence-corrected chi connectivity index (χ2v) is 6.33. The third-order valence-corrected chi connectivity index (χ3v) is 4.19. The maximum atomic E-state index is 12.9. The summed E-state index contributed by atoms with van der Waals surface area (Å²) in [5.41, 5.74) is 2.15. The van der Waals surface area contributed by atoms with Gasteiger partial charge in [0.15, 0.2) is 0 Å². The van der Waals surface area contributed by atoms with Crippen molar-refractivity contribution in [3.05, 3.63) is 70.2 Å². The number of hydrogen-bond acceptors (Lipinski definition) is 5. The molecule has 2 aromatic heterocycles. The molecule has 0 saturated carbocycles. The number of carbonyl (C=O) groups is 1. The molecule has 7 heteroatoms. The molecule has 0 spiro atoms. The van der Waals surface area contributed by atoms with Crippen LogP contribution in [0.25, 0.3) is 0 Å². The predicted molar refractivity (Wildman–Crippen MR) is 94.2 cm³/mol. The Morgan fingerprint density at radius 2 is 2.04 bits per heavy atom. The third kappa shape index (κ3) is 5.09. The van der Waals surface area contributed by atoms with Crippen LogP contribution in [0.4, 0.5) is 10.1 Å². The van der Waals surface area contributed by atoms with E-state index in [1.54, 1.807) is 6.20 Å². The summed E-state index contributed by atoms with van der Waals surface area (Å²) < 4.78 is 18.5. The summed E-state index contributed by atoms with van der Waals surface area (Å²) in [5, 5.41) is 5.32. The number of pyridine rings is 1. The van der Waals surface area contributed by atoms with E-state index in [-0.39, 0.29) is 18.1 Å². The number of halogens is 1. The Morgan fingerprint density at radius 1 is 1.24 bits per heavy atom. The van der Waals surface area contributed by atoms with E-state index < -0.39 is 0 Å². The molecule has 0 aliphatic carbocycles. The van der Waals surface area contributed by atoms with Crippen molar-refractivity contribution >= 4 is 22.9 Å². The summed E-state index contributed by atoms with van der Waals surface area (Å²) in [6.07, 6.45) is 1.82. The number of ether oxygens (including phenoxy) is 1. The lowest BCUT2D eigenvalue weighted by Gasteiger charge is -2.04. The molecule has 1 N–H and O–H groups in total. The van der Waals surface area contributed by atoms with Gasteiger partial charge in [-0.1, -0.05) is 0 Å². The number of anilines is 1. The highest BCUT2D eigenvalue weighted by Crippen LogP contribution is 2.16. The van der Waals surface area contributed by atoms with E-state index in [1.807, 2.05) is 24.4 Å². The third-order valence-electron chi connectivity index (χ3n) is 3.32. The van der Waals surface area contributed by atoms with E-state index in [9.17, 15) is 9.18 Å². The zero-order valence-electron chi connectivity index (χ0n) is 13.5. The Labute approximate surface area is 148 Å². The molecule has 25 heavy (non-hydrogen) atoms. The van der Waals surface area contributed by atoms with E-state index in [1.165, 1.54) is 35.6 Å². The van der Waals surface area contributed by atoms with Crippen molar-refractivity contribution in [3.8, 4) is 5.75 Å². The first kappa shape index (κ1) is 17.0. The molecule has 0 atom stereocenters. The molecule has 1 aromatic carbocycles. The maximum absolute atomic E-state index is 12.9. The van der Waals surface area contributed by atoms with E-state index >= 15 is 0 Å². The van der Waals surface area contributed by atoms with Crippen molar-refractivity contribution in [2.75, 3.05) is 5.32 Å². The number of aryl methyl sites for hydroxylation is 1. The van der Waals surface area contributed by atoms with Crippen LogP contribution in [0.15, 0.2) is 48.0 Å². The van der Waals surface area contributed by atoms with Gasteiger partial charge in [-0.05, 0) is 43.3 Å². The van der Waals surface area contributed by atoms with Gasteiger partial charge in [0.2, 0.25) is 5.91 Å². The fourth-order valence-corrected chi connectivity index (χ4v) is 2.79. The van der Waals surface area contributed by atoms with Gasteiger partial charge in [0.25, 0.3) is 0 Å². The SMILES string of the molecule is Cc1ccc(OCc2nc(CC(=O)Nc3ccc(F)cc3)cs2)cn1. The molecule has 0 aliphatic rings. The highest BCUT2D eigenvalue weighted by Gasteiger charge is 2.09. The molecule has 0 bridgehead atoms. The van der Waals surface area contributed by atoms with Crippen LogP contribution in [0.5, 0.6) is 5.75 Å². The van der Waals surface area contributed by atoms with Gasteiger partial charge in [-0.15, -0.1) is 11.3 Å². The summed E-state index contributed by atoms with van der Waals surface area (Å²) in [6.45, 7) is 2.24. The molecule has 3 rings (SSSR count). The summed E-state index contributed by atoms with van der Waals surface area (Å²) >= 11 is 1.44. The van der Waals surface area contributed by atoms with E-state index in [4.69, 9.17) is 4.74 Å². The number of aromatic nitrogens is 2. The molecular weight excluding hydrogens is 341 g/mol. The number of benzene rings is 1. The summed E-state index contributed by atoms with van der Waals surface area (Å²) in [5.74, 6) is 0.134. The Balaban J connectivity index is 1.51. The fourth-order valence-electron chi connectivity index (χ4n) is 2.08. The van der Waals surface area contributed by atoms with Gasteiger partial charge in [-0.3, -0.25) is 9.78 Å². The maximum Gasteiger partial charge on any atom is 0.230 e. The smallest absolute Gasteiger partial charge is 0.230 e. The zero-order valence-corrected chi connectivity index (χ0v) is 14.3. The van der Waals surface area contributed by atoms with Crippen LogP contribution in [-0.4, -0.2) is 15.9 Å². The highest BCUT2D eigenvalue weighted by molar-refractivity contribution is 7.09. The van der Waals surface area contributed by atoms with Gasteiger partial charge in [-0.25, -0.2) is 9.37 Å². The minimum absolute atomic E-state index is 0.153. The molecule has 1 amide bonds. The van der Waals surface area contributed by atoms with Crippen molar-refractivity contribution in [1.82, 2.24) is 9.97 Å². The monoisotopic (exact) mass is 357 g/mol. The first-order valence-electron chi connectivity index (χ1n) is 7.62. The van der Waals surface area contributed by atoms with Gasteiger partial charge in [0, 0.05) is 16.8 Å². The van der Waals surface area contributed by atoms with Crippen molar-refractivity contribution in [2.45, 2.75) is 20.0 Å². The topological polar surface area (TPSA) is 64.1 Å². The van der Waals surface area contributed by atoms with E-state index in [2.05, 4.69) is 15.3 Å². The lowest BCUT2D eigenvalue weighted by atomic mass is 10.3. The molecule has 0 unspecified atom stereocenters. The minimum atomic E-state index is -0.342. The number of carbonyl (C=O) groups excluding carboxylic acids is 1. The van der Waals surface area contributed by atoms with E-state index in [0.29, 0.717) is 23.7 Å². The highest BCUT2D eigenvalue weighted by atomic mass is 32.1. The van der Waals surface area contributed by atoms with Gasteiger partial charge >= 0.3 is 0 Å². The molecule has 0 saturated heterocycles. The predicted octanol–water partition coefficient (Wildman–Crippen LogP) is 3.75. The van der Waals surface area contributed by atoms with Crippen molar-refractivity contribution < 1.29 is 13.9 Å². The summed E-state index contributed by atoms with van der Waals surface area (Å²) in [4.78, 5) is 20.6. The molecule has 2 heterocycles. The first-order valence-corrected chi connectivity index (χ1v) is 8.50. The quantitative estimate of drug-likeness (QED) is 0.730. The second kappa shape index (κ2) is 7.85.